The Morgan fingerprint density at radius 2 is 2.27 bits per heavy atom. The fraction of sp³-hybridized carbons (Fsp3) is 0.312. The number of hydrogen-bond acceptors (Lipinski definition) is 3. The number of hydrogen-bond donors (Lipinski definition) is 1. The van der Waals surface area contributed by atoms with Crippen LogP contribution in [0.25, 0.3) is 0 Å². The Bertz CT molecular complexity index is 703. The average Bonchev–Trinajstić information content (AvgIpc) is 2.96. The number of nitrogens with one attached hydrogen (secondary N) is 1. The number of anilines is 1. The SMILES string of the molecule is CC(C(=O)Nc1ccc(Cl)cc1F)N1CCc2sccc2C1. The van der Waals surface area contributed by atoms with Crippen LogP contribution in [-0.2, 0) is 17.8 Å². The van der Waals surface area contributed by atoms with Crippen molar-refractivity contribution in [1.82, 2.24) is 4.90 Å². The van der Waals surface area contributed by atoms with Crippen molar-refractivity contribution in [3.8, 4) is 0 Å². The van der Waals surface area contributed by atoms with Gasteiger partial charge in [0.05, 0.1) is 11.7 Å². The van der Waals surface area contributed by atoms with Crippen LogP contribution >= 0.6 is 22.9 Å². The molecule has 6 heteroatoms. The number of halogens is 2. The zero-order valence-electron chi connectivity index (χ0n) is 12.1. The van der Waals surface area contributed by atoms with Gasteiger partial charge in [0.25, 0.3) is 0 Å². The molecule has 1 atom stereocenters. The molecule has 1 amide bonds. The molecule has 1 aromatic carbocycles. The molecule has 0 fully saturated rings. The van der Waals surface area contributed by atoms with E-state index < -0.39 is 5.82 Å². The van der Waals surface area contributed by atoms with Crippen molar-refractivity contribution < 1.29 is 9.18 Å². The fourth-order valence-electron chi connectivity index (χ4n) is 2.59. The van der Waals surface area contributed by atoms with Crippen LogP contribution in [0.1, 0.15) is 17.4 Å². The van der Waals surface area contributed by atoms with Crippen LogP contribution in [0.4, 0.5) is 10.1 Å². The third-order valence-electron chi connectivity index (χ3n) is 3.95. The Morgan fingerprint density at radius 1 is 1.45 bits per heavy atom. The van der Waals surface area contributed by atoms with E-state index in [9.17, 15) is 9.18 Å². The summed E-state index contributed by atoms with van der Waals surface area (Å²) < 4.78 is 13.8. The number of amides is 1. The minimum Gasteiger partial charge on any atom is -0.322 e. The van der Waals surface area contributed by atoms with Crippen molar-refractivity contribution in [2.24, 2.45) is 0 Å². The van der Waals surface area contributed by atoms with Gasteiger partial charge in [0.1, 0.15) is 5.82 Å². The molecule has 0 saturated carbocycles. The van der Waals surface area contributed by atoms with E-state index in [1.54, 1.807) is 17.4 Å². The van der Waals surface area contributed by atoms with Gasteiger partial charge >= 0.3 is 0 Å². The van der Waals surface area contributed by atoms with Gasteiger partial charge in [0.2, 0.25) is 5.91 Å². The second-order valence-electron chi connectivity index (χ2n) is 5.38. The molecule has 0 spiro atoms. The first kappa shape index (κ1) is 15.5. The number of carbonyl (C=O) groups excluding carboxylic acids is 1. The molecule has 1 unspecified atom stereocenters. The summed E-state index contributed by atoms with van der Waals surface area (Å²) in [5, 5.41) is 5.04. The van der Waals surface area contributed by atoms with E-state index in [1.807, 2.05) is 6.92 Å². The first-order chi connectivity index (χ1) is 10.5. The van der Waals surface area contributed by atoms with Crippen LogP contribution in [0, 0.1) is 5.82 Å². The van der Waals surface area contributed by atoms with Crippen molar-refractivity contribution in [3.05, 3.63) is 50.9 Å². The van der Waals surface area contributed by atoms with Gasteiger partial charge in [0.15, 0.2) is 0 Å². The van der Waals surface area contributed by atoms with Gasteiger partial charge in [-0.1, -0.05) is 11.6 Å². The smallest absolute Gasteiger partial charge is 0.241 e. The van der Waals surface area contributed by atoms with Gasteiger partial charge in [-0.2, -0.15) is 0 Å². The molecule has 1 aliphatic heterocycles. The van der Waals surface area contributed by atoms with Crippen LogP contribution in [0.2, 0.25) is 5.02 Å². The summed E-state index contributed by atoms with van der Waals surface area (Å²) in [6.07, 6.45) is 0.958. The van der Waals surface area contributed by atoms with Gasteiger partial charge in [-0.25, -0.2) is 4.39 Å². The maximum Gasteiger partial charge on any atom is 0.241 e. The fourth-order valence-corrected chi connectivity index (χ4v) is 3.64. The predicted octanol–water partition coefficient (Wildman–Crippen LogP) is 3.93. The van der Waals surface area contributed by atoms with Crippen LogP contribution in [0.5, 0.6) is 0 Å². The summed E-state index contributed by atoms with van der Waals surface area (Å²) in [6, 6.07) is 6.03. The summed E-state index contributed by atoms with van der Waals surface area (Å²) in [5.41, 5.74) is 1.45. The van der Waals surface area contributed by atoms with Gasteiger partial charge in [-0.3, -0.25) is 9.69 Å². The zero-order chi connectivity index (χ0) is 15.7. The summed E-state index contributed by atoms with van der Waals surface area (Å²) in [4.78, 5) is 15.9. The van der Waals surface area contributed by atoms with Gasteiger partial charge in [-0.15, -0.1) is 11.3 Å². The lowest BCUT2D eigenvalue weighted by Gasteiger charge is -2.31. The maximum atomic E-state index is 13.8. The van der Waals surface area contributed by atoms with E-state index >= 15 is 0 Å². The summed E-state index contributed by atoms with van der Waals surface area (Å²) in [7, 11) is 0. The highest BCUT2D eigenvalue weighted by Crippen LogP contribution is 2.26. The molecule has 0 bridgehead atoms. The van der Waals surface area contributed by atoms with Crippen molar-refractivity contribution in [1.29, 1.82) is 0 Å². The minimum atomic E-state index is -0.521. The highest BCUT2D eigenvalue weighted by atomic mass is 35.5. The monoisotopic (exact) mass is 338 g/mol. The molecule has 0 aliphatic carbocycles. The summed E-state index contributed by atoms with van der Waals surface area (Å²) in [6.45, 7) is 3.45. The molecule has 116 valence electrons. The van der Waals surface area contributed by atoms with E-state index in [2.05, 4.69) is 21.7 Å². The molecule has 1 N–H and O–H groups in total. The zero-order valence-corrected chi connectivity index (χ0v) is 13.7. The molecule has 3 rings (SSSR count). The molecule has 1 aliphatic rings. The number of carbonyl (C=O) groups is 1. The van der Waals surface area contributed by atoms with Crippen LogP contribution in [0.3, 0.4) is 0 Å². The Balaban J connectivity index is 1.67. The number of thiophene rings is 1. The molecule has 2 aromatic rings. The van der Waals surface area contributed by atoms with E-state index in [4.69, 9.17) is 11.6 Å². The summed E-state index contributed by atoms with van der Waals surface area (Å²) in [5.74, 6) is -0.730. The van der Waals surface area contributed by atoms with Crippen molar-refractivity contribution >= 4 is 34.5 Å². The second-order valence-corrected chi connectivity index (χ2v) is 6.82. The molecule has 0 radical (unpaired) electrons. The first-order valence-electron chi connectivity index (χ1n) is 7.10. The van der Waals surface area contributed by atoms with E-state index in [-0.39, 0.29) is 17.6 Å². The number of rotatable bonds is 3. The number of fused-ring (bicyclic) bond motifs is 1. The largest absolute Gasteiger partial charge is 0.322 e. The number of nitrogens with zero attached hydrogens (tertiary/aromatic N) is 1. The van der Waals surface area contributed by atoms with Gasteiger partial charge in [0, 0.05) is 23.0 Å². The summed E-state index contributed by atoms with van der Waals surface area (Å²) >= 11 is 7.48. The van der Waals surface area contributed by atoms with Crippen LogP contribution < -0.4 is 5.32 Å². The Hall–Kier alpha value is -1.43. The minimum absolute atomic E-state index is 0.162. The lowest BCUT2D eigenvalue weighted by atomic mass is 10.1. The first-order valence-corrected chi connectivity index (χ1v) is 8.35. The average molecular weight is 339 g/mol. The standard InChI is InChI=1S/C16H16ClFN2OS/c1-10(20-6-4-15-11(9-20)5-7-22-15)16(21)19-14-3-2-12(17)8-13(14)18/h2-3,5,7-8,10H,4,6,9H2,1H3,(H,19,21). The van der Waals surface area contributed by atoms with Crippen molar-refractivity contribution in [3.63, 3.8) is 0 Å². The Kier molecular flexibility index (Phi) is 4.47. The van der Waals surface area contributed by atoms with Gasteiger partial charge in [-0.05, 0) is 48.6 Å². The lowest BCUT2D eigenvalue weighted by Crippen LogP contribution is -2.44. The topological polar surface area (TPSA) is 32.3 Å². The van der Waals surface area contributed by atoms with Crippen molar-refractivity contribution in [2.45, 2.75) is 25.9 Å². The normalized spacial score (nSPS) is 16.1. The van der Waals surface area contributed by atoms with E-state index in [1.165, 1.54) is 22.6 Å². The molecule has 22 heavy (non-hydrogen) atoms. The Labute approximate surface area is 137 Å². The highest BCUT2D eigenvalue weighted by molar-refractivity contribution is 7.10. The van der Waals surface area contributed by atoms with Crippen LogP contribution in [0.15, 0.2) is 29.6 Å². The maximum absolute atomic E-state index is 13.8. The predicted molar refractivity (Wildman–Crippen MR) is 87.9 cm³/mol. The Morgan fingerprint density at radius 3 is 3.05 bits per heavy atom. The number of benzene rings is 1. The van der Waals surface area contributed by atoms with Crippen molar-refractivity contribution in [2.75, 3.05) is 11.9 Å². The highest BCUT2D eigenvalue weighted by Gasteiger charge is 2.26. The molecule has 0 saturated heterocycles. The van der Waals surface area contributed by atoms with E-state index in [0.717, 1.165) is 19.5 Å². The van der Waals surface area contributed by atoms with Gasteiger partial charge < -0.3 is 5.32 Å². The molecule has 2 heterocycles. The quantitative estimate of drug-likeness (QED) is 0.919. The van der Waals surface area contributed by atoms with Crippen LogP contribution in [-0.4, -0.2) is 23.4 Å². The molecule has 1 aromatic heterocycles. The second kappa shape index (κ2) is 6.36. The third-order valence-corrected chi connectivity index (χ3v) is 5.21. The molecule has 3 nitrogen and oxygen atoms in total. The van der Waals surface area contributed by atoms with E-state index in [0.29, 0.717) is 5.02 Å². The third kappa shape index (κ3) is 3.16. The molecular formula is C16H16ClFN2OS. The lowest BCUT2D eigenvalue weighted by molar-refractivity contribution is -0.121. The molecular weight excluding hydrogens is 323 g/mol.